The van der Waals surface area contributed by atoms with E-state index in [1.54, 1.807) is 18.3 Å². The van der Waals surface area contributed by atoms with Crippen LogP contribution in [0.2, 0.25) is 0 Å². The zero-order valence-electron chi connectivity index (χ0n) is 15.3. The number of ether oxygens (including phenoxy) is 1. The van der Waals surface area contributed by atoms with E-state index in [-0.39, 0.29) is 0 Å². The van der Waals surface area contributed by atoms with Crippen LogP contribution in [0, 0.1) is 0 Å². The van der Waals surface area contributed by atoms with Crippen molar-refractivity contribution in [1.29, 1.82) is 0 Å². The monoisotopic (exact) mass is 383 g/mol. The summed E-state index contributed by atoms with van der Waals surface area (Å²) in [7, 11) is -3.65. The minimum Gasteiger partial charge on any atom is -0.378 e. The second-order valence-electron chi connectivity index (χ2n) is 6.65. The van der Waals surface area contributed by atoms with E-state index in [0.717, 1.165) is 28.6 Å². The number of nitrogens with one attached hydrogen (secondary N) is 1. The molecule has 1 aliphatic heterocycles. The number of pyridine rings is 1. The van der Waals surface area contributed by atoms with Crippen LogP contribution in [0.5, 0.6) is 0 Å². The second-order valence-corrected chi connectivity index (χ2v) is 8.57. The molecule has 0 saturated carbocycles. The molecule has 0 aliphatic carbocycles. The summed E-state index contributed by atoms with van der Waals surface area (Å²) >= 11 is 0. The number of nitrogens with zero attached hydrogens (tertiary/aromatic N) is 1. The molecule has 27 heavy (non-hydrogen) atoms. The molecule has 3 aromatic rings. The fourth-order valence-corrected chi connectivity index (χ4v) is 4.97. The van der Waals surface area contributed by atoms with Gasteiger partial charge in [-0.3, -0.25) is 0 Å². The summed E-state index contributed by atoms with van der Waals surface area (Å²) in [5.74, 6) is 0. The van der Waals surface area contributed by atoms with Crippen molar-refractivity contribution in [2.45, 2.75) is 23.1 Å². The molecule has 5 nitrogen and oxygen atoms in total. The van der Waals surface area contributed by atoms with Crippen molar-refractivity contribution >= 4 is 26.4 Å². The summed E-state index contributed by atoms with van der Waals surface area (Å²) in [6.07, 6.45) is 2.50. The highest BCUT2D eigenvalue weighted by Crippen LogP contribution is 2.35. The molecule has 0 spiro atoms. The number of rotatable bonds is 4. The van der Waals surface area contributed by atoms with Crippen LogP contribution in [0.4, 0.5) is 5.69 Å². The first kappa shape index (κ1) is 17.9. The van der Waals surface area contributed by atoms with Gasteiger partial charge in [0.15, 0.2) is 11.1 Å². The van der Waals surface area contributed by atoms with Crippen molar-refractivity contribution in [2.75, 3.05) is 31.2 Å². The highest BCUT2D eigenvalue weighted by molar-refractivity contribution is 7.91. The molecule has 2 heterocycles. The lowest BCUT2D eigenvalue weighted by Gasteiger charge is -2.30. The first-order valence-corrected chi connectivity index (χ1v) is 10.7. The van der Waals surface area contributed by atoms with Gasteiger partial charge in [-0.1, -0.05) is 31.2 Å². The van der Waals surface area contributed by atoms with Crippen LogP contribution in [0.25, 0.3) is 10.9 Å². The first-order valence-electron chi connectivity index (χ1n) is 9.21. The average Bonchev–Trinajstić information content (AvgIpc) is 2.73. The van der Waals surface area contributed by atoms with Crippen molar-refractivity contribution in [1.82, 2.24) is 0 Å². The van der Waals surface area contributed by atoms with Gasteiger partial charge in [0.05, 0.1) is 29.2 Å². The number of sulfone groups is 1. The number of hydrogen-bond acceptors (Lipinski definition) is 4. The standard InChI is InChI=1S/C21H22N2O3S/c1-2-16-7-9-17(10-8-16)27(24,25)20-15-22-19-6-4-3-5-18(19)21(20)23-11-13-26-14-12-23/h3-10,15H,2,11-14H2,1H3/p+1. The van der Waals surface area contributed by atoms with E-state index in [9.17, 15) is 8.42 Å². The number of para-hydroxylation sites is 1. The highest BCUT2D eigenvalue weighted by atomic mass is 32.2. The fourth-order valence-electron chi connectivity index (χ4n) is 3.51. The SMILES string of the molecule is CCc1ccc(S(=O)(=O)c2c[nH+]c3ccccc3c2N2CCOCC2)cc1. The maximum absolute atomic E-state index is 13.5. The predicted octanol–water partition coefficient (Wildman–Crippen LogP) is 2.89. The minimum atomic E-state index is -3.65. The first-order chi connectivity index (χ1) is 13.1. The van der Waals surface area contributed by atoms with Gasteiger partial charge in [-0.15, -0.1) is 0 Å². The van der Waals surface area contributed by atoms with Crippen molar-refractivity contribution < 1.29 is 18.1 Å². The molecule has 0 atom stereocenters. The van der Waals surface area contributed by atoms with Gasteiger partial charge < -0.3 is 9.64 Å². The molecular formula is C21H23N2O3S+. The smallest absolute Gasteiger partial charge is 0.214 e. The Hall–Kier alpha value is -2.44. The van der Waals surface area contributed by atoms with Crippen molar-refractivity contribution in [3.05, 3.63) is 60.3 Å². The van der Waals surface area contributed by atoms with E-state index >= 15 is 0 Å². The fraction of sp³-hybridized carbons (Fsp3) is 0.286. The summed E-state index contributed by atoms with van der Waals surface area (Å²) in [6.45, 7) is 4.59. The molecule has 2 aromatic carbocycles. The Morgan fingerprint density at radius 3 is 2.44 bits per heavy atom. The number of aromatic nitrogens is 1. The van der Waals surface area contributed by atoms with Crippen molar-refractivity contribution in [2.24, 2.45) is 0 Å². The Balaban J connectivity index is 1.91. The summed E-state index contributed by atoms with van der Waals surface area (Å²) < 4.78 is 32.4. The maximum Gasteiger partial charge on any atom is 0.214 e. The number of benzene rings is 2. The van der Waals surface area contributed by atoms with Crippen LogP contribution < -0.4 is 9.88 Å². The lowest BCUT2D eigenvalue weighted by atomic mass is 10.1. The van der Waals surface area contributed by atoms with Crippen molar-refractivity contribution in [3.63, 3.8) is 0 Å². The quantitative estimate of drug-likeness (QED) is 0.695. The number of aryl methyl sites for hydroxylation is 1. The third-order valence-electron chi connectivity index (χ3n) is 5.03. The van der Waals surface area contributed by atoms with Crippen LogP contribution in [0.3, 0.4) is 0 Å². The molecule has 1 fully saturated rings. The molecule has 140 valence electrons. The summed E-state index contributed by atoms with van der Waals surface area (Å²) in [4.78, 5) is 5.91. The second kappa shape index (κ2) is 7.29. The number of aromatic amines is 1. The van der Waals surface area contributed by atoms with E-state index in [4.69, 9.17) is 4.74 Å². The number of hydrogen-bond donors (Lipinski definition) is 0. The van der Waals surface area contributed by atoms with E-state index in [1.165, 1.54) is 0 Å². The molecule has 0 radical (unpaired) electrons. The normalized spacial score (nSPS) is 15.2. The van der Waals surface area contributed by atoms with Gasteiger partial charge in [-0.2, -0.15) is 0 Å². The third-order valence-corrected chi connectivity index (χ3v) is 6.82. The summed E-state index contributed by atoms with van der Waals surface area (Å²) in [5.41, 5.74) is 2.79. The molecule has 1 saturated heterocycles. The van der Waals surface area contributed by atoms with Crippen molar-refractivity contribution in [3.8, 4) is 0 Å². The molecule has 4 rings (SSSR count). The zero-order chi connectivity index (χ0) is 18.9. The molecule has 1 N–H and O–H groups in total. The number of H-pyrrole nitrogens is 1. The van der Waals surface area contributed by atoms with Gasteiger partial charge >= 0.3 is 0 Å². The maximum atomic E-state index is 13.5. The van der Waals surface area contributed by atoms with Gasteiger partial charge in [-0.05, 0) is 30.2 Å². The van der Waals surface area contributed by atoms with Gasteiger partial charge in [0.2, 0.25) is 15.4 Å². The Morgan fingerprint density at radius 2 is 1.74 bits per heavy atom. The third kappa shape index (κ3) is 3.31. The minimum absolute atomic E-state index is 0.312. The van der Waals surface area contributed by atoms with E-state index < -0.39 is 9.84 Å². The number of morpholine rings is 1. The lowest BCUT2D eigenvalue weighted by Crippen LogP contribution is -2.37. The molecule has 6 heteroatoms. The van der Waals surface area contributed by atoms with Crippen LogP contribution in [0.15, 0.2) is 64.5 Å². The highest BCUT2D eigenvalue weighted by Gasteiger charge is 2.30. The average molecular weight is 383 g/mol. The van der Waals surface area contributed by atoms with Crippen LogP contribution in [-0.4, -0.2) is 34.7 Å². The zero-order valence-corrected chi connectivity index (χ0v) is 16.1. The Morgan fingerprint density at radius 1 is 1.04 bits per heavy atom. The Kier molecular flexibility index (Phi) is 4.85. The topological polar surface area (TPSA) is 60.8 Å². The number of fused-ring (bicyclic) bond motifs is 1. The van der Waals surface area contributed by atoms with E-state index in [1.807, 2.05) is 36.4 Å². The molecule has 0 unspecified atom stereocenters. The molecule has 1 aliphatic rings. The predicted molar refractivity (Wildman–Crippen MR) is 105 cm³/mol. The van der Waals surface area contributed by atoms with Gasteiger partial charge in [0.1, 0.15) is 0 Å². The Labute approximate surface area is 159 Å². The van der Waals surface area contributed by atoms with Gasteiger partial charge in [0, 0.05) is 19.2 Å². The van der Waals surface area contributed by atoms with Crippen LogP contribution in [-0.2, 0) is 21.0 Å². The molecular weight excluding hydrogens is 360 g/mol. The Bertz CT molecular complexity index is 1060. The molecule has 0 amide bonds. The van der Waals surface area contributed by atoms with Crippen LogP contribution in [0.1, 0.15) is 12.5 Å². The van der Waals surface area contributed by atoms with E-state index in [2.05, 4.69) is 16.8 Å². The molecule has 1 aromatic heterocycles. The largest absolute Gasteiger partial charge is 0.378 e. The number of anilines is 1. The van der Waals surface area contributed by atoms with Gasteiger partial charge in [0.25, 0.3) is 0 Å². The summed E-state index contributed by atoms with van der Waals surface area (Å²) in [6, 6.07) is 15.0. The molecule has 0 bridgehead atoms. The summed E-state index contributed by atoms with van der Waals surface area (Å²) in [5, 5.41) is 0.908. The van der Waals surface area contributed by atoms with Crippen LogP contribution >= 0.6 is 0 Å². The van der Waals surface area contributed by atoms with E-state index in [0.29, 0.717) is 36.1 Å². The van der Waals surface area contributed by atoms with Gasteiger partial charge in [-0.25, -0.2) is 13.4 Å². The lowest BCUT2D eigenvalue weighted by molar-refractivity contribution is -0.347.